The van der Waals surface area contributed by atoms with Gasteiger partial charge in [0.1, 0.15) is 0 Å². The van der Waals surface area contributed by atoms with Gasteiger partial charge in [-0.05, 0) is 24.6 Å². The number of nitrogens with two attached hydrogens (primary N) is 1. The van der Waals surface area contributed by atoms with Gasteiger partial charge in [0, 0.05) is 6.54 Å². The van der Waals surface area contributed by atoms with Gasteiger partial charge < -0.3 is 15.8 Å². The molecular weight excluding hydrogens is 242 g/mol. The van der Waals surface area contributed by atoms with Gasteiger partial charge in [-0.15, -0.1) is 0 Å². The molecule has 0 spiro atoms. The van der Waals surface area contributed by atoms with E-state index in [-0.39, 0.29) is 5.97 Å². The van der Waals surface area contributed by atoms with E-state index < -0.39 is 0 Å². The summed E-state index contributed by atoms with van der Waals surface area (Å²) in [5, 5.41) is 2.94. The molecule has 0 aliphatic rings. The maximum Gasteiger partial charge on any atom is 0.337 e. The summed E-state index contributed by atoms with van der Waals surface area (Å²) in [7, 11) is 1.35. The zero-order valence-corrected chi connectivity index (χ0v) is 11.3. The van der Waals surface area contributed by atoms with Crippen molar-refractivity contribution in [2.45, 2.75) is 13.5 Å². The molecule has 1 aromatic carbocycles. The van der Waals surface area contributed by atoms with Crippen LogP contribution in [-0.4, -0.2) is 25.6 Å². The average Bonchev–Trinajstić information content (AvgIpc) is 2.42. The normalized spacial score (nSPS) is 10.9. The second-order valence-corrected chi connectivity index (χ2v) is 4.20. The predicted octanol–water partition coefficient (Wildman–Crippen LogP) is 1.45. The van der Waals surface area contributed by atoms with Crippen LogP contribution >= 0.6 is 0 Å². The summed E-state index contributed by atoms with van der Waals surface area (Å²) in [5.41, 5.74) is 8.07. The highest BCUT2D eigenvalue weighted by Gasteiger charge is 2.05. The van der Waals surface area contributed by atoms with Crippen LogP contribution in [0.3, 0.4) is 0 Å². The Balaban J connectivity index is 2.64. The summed E-state index contributed by atoms with van der Waals surface area (Å²) >= 11 is 0. The molecule has 19 heavy (non-hydrogen) atoms. The van der Waals surface area contributed by atoms with E-state index in [4.69, 9.17) is 5.73 Å². The fourth-order valence-corrected chi connectivity index (χ4v) is 1.39. The highest BCUT2D eigenvalue weighted by molar-refractivity contribution is 5.89. The van der Waals surface area contributed by atoms with Crippen LogP contribution < -0.4 is 11.1 Å². The smallest absolute Gasteiger partial charge is 0.337 e. The van der Waals surface area contributed by atoms with Crippen LogP contribution in [-0.2, 0) is 11.3 Å². The highest BCUT2D eigenvalue weighted by Crippen LogP contribution is 2.07. The third-order valence-corrected chi connectivity index (χ3v) is 2.35. The number of hydrogen-bond acceptors (Lipinski definition) is 3. The second-order valence-electron chi connectivity index (χ2n) is 4.20. The zero-order valence-electron chi connectivity index (χ0n) is 11.3. The van der Waals surface area contributed by atoms with Crippen LogP contribution in [0.1, 0.15) is 22.8 Å². The van der Waals surface area contributed by atoms with E-state index in [1.807, 2.05) is 13.0 Å². The molecule has 5 heteroatoms. The Labute approximate surface area is 113 Å². The first-order chi connectivity index (χ1) is 9.02. The molecule has 0 saturated heterocycles. The maximum absolute atomic E-state index is 11.4. The molecule has 0 saturated carbocycles. The van der Waals surface area contributed by atoms with Crippen LogP contribution in [0.2, 0.25) is 0 Å². The quantitative estimate of drug-likeness (QED) is 0.364. The molecule has 3 N–H and O–H groups in total. The number of rotatable bonds is 5. The Hall–Kier alpha value is -2.30. The molecule has 102 valence electrons. The van der Waals surface area contributed by atoms with E-state index in [1.165, 1.54) is 7.11 Å². The van der Waals surface area contributed by atoms with Crippen LogP contribution in [0.25, 0.3) is 0 Å². The van der Waals surface area contributed by atoms with Crippen molar-refractivity contribution < 1.29 is 9.53 Å². The molecule has 1 aromatic rings. The molecule has 5 nitrogen and oxygen atoms in total. The van der Waals surface area contributed by atoms with Gasteiger partial charge in [0.25, 0.3) is 0 Å². The first-order valence-electron chi connectivity index (χ1n) is 5.88. The number of hydrogen-bond donors (Lipinski definition) is 2. The summed E-state index contributed by atoms with van der Waals surface area (Å²) in [6.45, 7) is 6.66. The second kappa shape index (κ2) is 7.20. The monoisotopic (exact) mass is 261 g/mol. The summed E-state index contributed by atoms with van der Waals surface area (Å²) in [6.07, 6.45) is 0. The topological polar surface area (TPSA) is 76.7 Å². The Morgan fingerprint density at radius 3 is 2.89 bits per heavy atom. The van der Waals surface area contributed by atoms with Crippen LogP contribution in [0.4, 0.5) is 0 Å². The van der Waals surface area contributed by atoms with Gasteiger partial charge in [-0.1, -0.05) is 24.3 Å². The molecule has 0 aliphatic carbocycles. The number of methoxy groups -OCH3 is 1. The fourth-order valence-electron chi connectivity index (χ4n) is 1.39. The van der Waals surface area contributed by atoms with Crippen molar-refractivity contribution in [3.05, 3.63) is 47.5 Å². The van der Waals surface area contributed by atoms with Gasteiger partial charge in [-0.3, -0.25) is 0 Å². The lowest BCUT2D eigenvalue weighted by Crippen LogP contribution is -2.32. The number of nitrogens with one attached hydrogen (secondary N) is 1. The lowest BCUT2D eigenvalue weighted by atomic mass is 10.1. The van der Waals surface area contributed by atoms with Crippen molar-refractivity contribution in [3.63, 3.8) is 0 Å². The minimum Gasteiger partial charge on any atom is -0.465 e. The SMILES string of the molecule is C=C(C)CNC(N)=NCc1cccc(C(=O)OC)c1. The molecule has 0 heterocycles. The molecular formula is C14H19N3O2. The molecule has 0 bridgehead atoms. The van der Waals surface area contributed by atoms with Gasteiger partial charge in [-0.2, -0.15) is 0 Å². The van der Waals surface area contributed by atoms with E-state index in [9.17, 15) is 4.79 Å². The first kappa shape index (κ1) is 14.8. The van der Waals surface area contributed by atoms with Crippen LogP contribution in [0.5, 0.6) is 0 Å². The van der Waals surface area contributed by atoms with Crippen LogP contribution in [0.15, 0.2) is 41.4 Å². The van der Waals surface area contributed by atoms with Crippen molar-refractivity contribution in [3.8, 4) is 0 Å². The number of esters is 1. The number of ether oxygens (including phenoxy) is 1. The standard InChI is InChI=1S/C14H19N3O2/c1-10(2)8-16-14(15)17-9-11-5-4-6-12(7-11)13(18)19-3/h4-7H,1,8-9H2,2-3H3,(H3,15,16,17). The molecule has 0 atom stereocenters. The molecule has 0 unspecified atom stereocenters. The molecule has 0 radical (unpaired) electrons. The number of carbonyl (C=O) groups is 1. The van der Waals surface area contributed by atoms with E-state index >= 15 is 0 Å². The predicted molar refractivity (Wildman–Crippen MR) is 75.9 cm³/mol. The number of aliphatic imine (C=N–C) groups is 1. The van der Waals surface area contributed by atoms with Gasteiger partial charge in [0.15, 0.2) is 5.96 Å². The third-order valence-electron chi connectivity index (χ3n) is 2.35. The molecule has 0 aliphatic heterocycles. The zero-order chi connectivity index (χ0) is 14.3. The summed E-state index contributed by atoms with van der Waals surface area (Å²) in [5.74, 6) is -0.00863. The molecule has 0 aromatic heterocycles. The Kier molecular flexibility index (Phi) is 5.60. The fraction of sp³-hybridized carbons (Fsp3) is 0.286. The number of benzene rings is 1. The lowest BCUT2D eigenvalue weighted by molar-refractivity contribution is 0.0600. The van der Waals surface area contributed by atoms with Crippen molar-refractivity contribution >= 4 is 11.9 Å². The minimum absolute atomic E-state index is 0.353. The van der Waals surface area contributed by atoms with E-state index in [0.717, 1.165) is 11.1 Å². The maximum atomic E-state index is 11.4. The van der Waals surface area contributed by atoms with Crippen molar-refractivity contribution in [2.75, 3.05) is 13.7 Å². The van der Waals surface area contributed by atoms with Gasteiger partial charge in [0.05, 0.1) is 19.2 Å². The highest BCUT2D eigenvalue weighted by atomic mass is 16.5. The van der Waals surface area contributed by atoms with Gasteiger partial charge >= 0.3 is 5.97 Å². The van der Waals surface area contributed by atoms with E-state index in [1.54, 1.807) is 18.2 Å². The van der Waals surface area contributed by atoms with Crippen molar-refractivity contribution in [1.82, 2.24) is 5.32 Å². The molecule has 0 amide bonds. The minimum atomic E-state index is -0.362. The summed E-state index contributed by atoms with van der Waals surface area (Å²) in [6, 6.07) is 7.10. The van der Waals surface area contributed by atoms with Crippen LogP contribution in [0, 0.1) is 0 Å². The number of guanidine groups is 1. The summed E-state index contributed by atoms with van der Waals surface area (Å²) < 4.78 is 4.66. The van der Waals surface area contributed by atoms with Crippen molar-refractivity contribution in [1.29, 1.82) is 0 Å². The summed E-state index contributed by atoms with van der Waals surface area (Å²) in [4.78, 5) is 15.6. The molecule has 1 rings (SSSR count). The van der Waals surface area contributed by atoms with Gasteiger partial charge in [-0.25, -0.2) is 9.79 Å². The first-order valence-corrected chi connectivity index (χ1v) is 5.88. The lowest BCUT2D eigenvalue weighted by Gasteiger charge is -2.05. The molecule has 0 fully saturated rings. The van der Waals surface area contributed by atoms with E-state index in [0.29, 0.717) is 24.6 Å². The van der Waals surface area contributed by atoms with Crippen molar-refractivity contribution in [2.24, 2.45) is 10.7 Å². The number of nitrogens with zero attached hydrogens (tertiary/aromatic N) is 1. The largest absolute Gasteiger partial charge is 0.465 e. The van der Waals surface area contributed by atoms with E-state index in [2.05, 4.69) is 21.6 Å². The van der Waals surface area contributed by atoms with Gasteiger partial charge in [0.2, 0.25) is 0 Å². The average molecular weight is 261 g/mol. The Morgan fingerprint density at radius 1 is 1.53 bits per heavy atom. The third kappa shape index (κ3) is 5.25. The number of carbonyl (C=O) groups excluding carboxylic acids is 1. The Bertz CT molecular complexity index is 495. The Morgan fingerprint density at radius 2 is 2.26 bits per heavy atom.